The van der Waals surface area contributed by atoms with Gasteiger partial charge < -0.3 is 20.1 Å². The molecule has 0 aromatic carbocycles. The Morgan fingerprint density at radius 3 is 2.94 bits per heavy atom. The lowest BCUT2D eigenvalue weighted by molar-refractivity contribution is -0.140. The molecule has 0 aliphatic carbocycles. The van der Waals surface area contributed by atoms with Gasteiger partial charge in [0.05, 0.1) is 26.2 Å². The zero-order valence-electron chi connectivity index (χ0n) is 10.5. The van der Waals surface area contributed by atoms with Crippen LogP contribution in [0.5, 0.6) is 0 Å². The lowest BCUT2D eigenvalue weighted by Crippen LogP contribution is -2.40. The van der Waals surface area contributed by atoms with E-state index in [1.807, 2.05) is 11.8 Å². The minimum absolute atomic E-state index is 0.258. The Kier molecular flexibility index (Phi) is 5.76. The zero-order chi connectivity index (χ0) is 12.7. The molecule has 1 aliphatic heterocycles. The van der Waals surface area contributed by atoms with Gasteiger partial charge in [0.25, 0.3) is 0 Å². The molecule has 0 unspecified atom stereocenters. The monoisotopic (exact) mass is 243 g/mol. The molecule has 0 aromatic heterocycles. The van der Waals surface area contributed by atoms with Crippen LogP contribution in [0.15, 0.2) is 4.99 Å². The number of carbonyl (C=O) groups excluding carboxylic acids is 1. The second-order valence-electron chi connectivity index (χ2n) is 3.95. The van der Waals surface area contributed by atoms with Crippen molar-refractivity contribution in [3.63, 3.8) is 0 Å². The number of guanidine groups is 1. The summed E-state index contributed by atoms with van der Waals surface area (Å²) < 4.78 is 4.55. The van der Waals surface area contributed by atoms with Crippen LogP contribution in [0.2, 0.25) is 0 Å². The number of methoxy groups -OCH3 is 1. The van der Waals surface area contributed by atoms with Crippen molar-refractivity contribution in [3.05, 3.63) is 0 Å². The molecule has 17 heavy (non-hydrogen) atoms. The number of likely N-dealkylation sites (tertiary alicyclic amines) is 1. The highest BCUT2D eigenvalue weighted by Crippen LogP contribution is 2.08. The SMILES string of the molecule is CCNC(=NCCC(=O)OC)N1CC[C@@H](O)C1. The first-order valence-electron chi connectivity index (χ1n) is 5.95. The second kappa shape index (κ2) is 7.11. The normalized spacial score (nSPS) is 20.5. The van der Waals surface area contributed by atoms with E-state index in [2.05, 4.69) is 15.0 Å². The van der Waals surface area contributed by atoms with Crippen LogP contribution in [-0.4, -0.2) is 61.3 Å². The molecule has 2 N–H and O–H groups in total. The van der Waals surface area contributed by atoms with Crippen molar-refractivity contribution < 1.29 is 14.6 Å². The number of hydrogen-bond donors (Lipinski definition) is 2. The zero-order valence-corrected chi connectivity index (χ0v) is 10.5. The van der Waals surface area contributed by atoms with Crippen LogP contribution in [0.1, 0.15) is 19.8 Å². The molecular formula is C11H21N3O3. The minimum atomic E-state index is -0.278. The minimum Gasteiger partial charge on any atom is -0.469 e. The Balaban J connectivity index is 2.46. The van der Waals surface area contributed by atoms with Gasteiger partial charge in [-0.25, -0.2) is 0 Å². The van der Waals surface area contributed by atoms with Gasteiger partial charge in [0.2, 0.25) is 0 Å². The number of aliphatic imine (C=N–C) groups is 1. The Bertz CT molecular complexity index is 281. The Morgan fingerprint density at radius 2 is 2.41 bits per heavy atom. The number of ether oxygens (including phenoxy) is 1. The van der Waals surface area contributed by atoms with Crippen LogP contribution in [0.4, 0.5) is 0 Å². The van der Waals surface area contributed by atoms with Crippen LogP contribution in [-0.2, 0) is 9.53 Å². The molecule has 0 bridgehead atoms. The summed E-state index contributed by atoms with van der Waals surface area (Å²) in [7, 11) is 1.37. The first-order valence-corrected chi connectivity index (χ1v) is 5.95. The highest BCUT2D eigenvalue weighted by Gasteiger charge is 2.22. The highest BCUT2D eigenvalue weighted by molar-refractivity contribution is 5.80. The molecule has 0 aromatic rings. The topological polar surface area (TPSA) is 74.2 Å². The summed E-state index contributed by atoms with van der Waals surface area (Å²) in [5.41, 5.74) is 0. The van der Waals surface area contributed by atoms with E-state index in [0.717, 1.165) is 25.5 Å². The van der Waals surface area contributed by atoms with Crippen LogP contribution < -0.4 is 5.32 Å². The van der Waals surface area contributed by atoms with Crippen molar-refractivity contribution in [2.45, 2.75) is 25.9 Å². The van der Waals surface area contributed by atoms with Crippen molar-refractivity contribution in [2.75, 3.05) is 33.3 Å². The van der Waals surface area contributed by atoms with Gasteiger partial charge in [-0.15, -0.1) is 0 Å². The molecule has 1 heterocycles. The van der Waals surface area contributed by atoms with Crippen LogP contribution in [0.3, 0.4) is 0 Å². The average Bonchev–Trinajstić information content (AvgIpc) is 2.74. The summed E-state index contributed by atoms with van der Waals surface area (Å²) in [5.74, 6) is 0.499. The number of esters is 1. The predicted octanol–water partition coefficient (Wildman–Crippen LogP) is -0.418. The Morgan fingerprint density at radius 1 is 1.65 bits per heavy atom. The van der Waals surface area contributed by atoms with Gasteiger partial charge in [-0.2, -0.15) is 0 Å². The number of carbonyl (C=O) groups is 1. The van der Waals surface area contributed by atoms with Gasteiger partial charge in [0, 0.05) is 19.6 Å². The molecule has 98 valence electrons. The number of nitrogens with zero attached hydrogens (tertiary/aromatic N) is 2. The predicted molar refractivity (Wildman–Crippen MR) is 64.8 cm³/mol. The molecule has 0 spiro atoms. The third kappa shape index (κ3) is 4.60. The van der Waals surface area contributed by atoms with Gasteiger partial charge in [-0.3, -0.25) is 9.79 Å². The Hall–Kier alpha value is -1.30. The second-order valence-corrected chi connectivity index (χ2v) is 3.95. The smallest absolute Gasteiger partial charge is 0.307 e. The van der Waals surface area contributed by atoms with E-state index in [0.29, 0.717) is 13.1 Å². The summed E-state index contributed by atoms with van der Waals surface area (Å²) in [6.07, 6.45) is 0.767. The molecule has 1 aliphatic rings. The van der Waals surface area contributed by atoms with Gasteiger partial charge in [-0.1, -0.05) is 0 Å². The van der Waals surface area contributed by atoms with E-state index in [1.165, 1.54) is 7.11 Å². The fraction of sp³-hybridized carbons (Fsp3) is 0.818. The molecule has 6 nitrogen and oxygen atoms in total. The number of rotatable bonds is 4. The molecule has 1 atom stereocenters. The van der Waals surface area contributed by atoms with Gasteiger partial charge in [-0.05, 0) is 13.3 Å². The van der Waals surface area contributed by atoms with E-state index >= 15 is 0 Å². The van der Waals surface area contributed by atoms with Crippen LogP contribution >= 0.6 is 0 Å². The number of aliphatic hydroxyl groups is 1. The van der Waals surface area contributed by atoms with E-state index in [9.17, 15) is 9.90 Å². The van der Waals surface area contributed by atoms with Crippen molar-refractivity contribution in [1.82, 2.24) is 10.2 Å². The Labute approximate surface area is 102 Å². The molecule has 6 heteroatoms. The third-order valence-corrected chi connectivity index (χ3v) is 2.60. The molecule has 0 radical (unpaired) electrons. The lowest BCUT2D eigenvalue weighted by atomic mass is 10.3. The van der Waals surface area contributed by atoms with Gasteiger partial charge >= 0.3 is 5.97 Å². The van der Waals surface area contributed by atoms with E-state index in [4.69, 9.17) is 0 Å². The summed E-state index contributed by atoms with van der Waals surface area (Å²) in [6.45, 7) is 4.56. The molecule has 1 rings (SSSR count). The quantitative estimate of drug-likeness (QED) is 0.398. The largest absolute Gasteiger partial charge is 0.469 e. The van der Waals surface area contributed by atoms with Gasteiger partial charge in [0.1, 0.15) is 0 Å². The summed E-state index contributed by atoms with van der Waals surface area (Å²) in [5, 5.41) is 12.6. The fourth-order valence-corrected chi connectivity index (χ4v) is 1.72. The summed E-state index contributed by atoms with van der Waals surface area (Å²) in [6, 6.07) is 0. The van der Waals surface area contributed by atoms with Gasteiger partial charge in [0.15, 0.2) is 5.96 Å². The maximum Gasteiger partial charge on any atom is 0.307 e. The standard InChI is InChI=1S/C11H21N3O3/c1-3-12-11(13-6-4-10(16)17-2)14-7-5-9(15)8-14/h9,15H,3-8H2,1-2H3,(H,12,13)/t9-/m1/s1. The highest BCUT2D eigenvalue weighted by atomic mass is 16.5. The van der Waals surface area contributed by atoms with Crippen molar-refractivity contribution in [2.24, 2.45) is 4.99 Å². The maximum atomic E-state index is 11.0. The van der Waals surface area contributed by atoms with Crippen molar-refractivity contribution >= 4 is 11.9 Å². The lowest BCUT2D eigenvalue weighted by Gasteiger charge is -2.20. The first-order chi connectivity index (χ1) is 8.17. The third-order valence-electron chi connectivity index (χ3n) is 2.60. The van der Waals surface area contributed by atoms with Crippen molar-refractivity contribution in [3.8, 4) is 0 Å². The number of nitrogens with one attached hydrogen (secondary N) is 1. The molecular weight excluding hydrogens is 222 g/mol. The van der Waals surface area contributed by atoms with Crippen LogP contribution in [0, 0.1) is 0 Å². The van der Waals surface area contributed by atoms with E-state index in [-0.39, 0.29) is 18.5 Å². The fourth-order valence-electron chi connectivity index (χ4n) is 1.72. The van der Waals surface area contributed by atoms with Crippen LogP contribution in [0.25, 0.3) is 0 Å². The molecule has 0 amide bonds. The average molecular weight is 243 g/mol. The summed E-state index contributed by atoms with van der Waals surface area (Å²) in [4.78, 5) is 17.3. The van der Waals surface area contributed by atoms with E-state index in [1.54, 1.807) is 0 Å². The molecule has 1 fully saturated rings. The number of β-amino-alcohol motifs (C(OH)–C–C–N with tert-alkyl or cyclic N) is 1. The number of hydrogen-bond acceptors (Lipinski definition) is 4. The van der Waals surface area contributed by atoms with Crippen molar-refractivity contribution in [1.29, 1.82) is 0 Å². The first kappa shape index (κ1) is 13.8. The number of aliphatic hydroxyl groups excluding tert-OH is 1. The summed E-state index contributed by atoms with van der Waals surface area (Å²) >= 11 is 0. The maximum absolute atomic E-state index is 11.0. The molecule has 0 saturated carbocycles. The van der Waals surface area contributed by atoms with E-state index < -0.39 is 0 Å². The molecule has 1 saturated heterocycles.